The second-order valence-electron chi connectivity index (χ2n) is 3.37. The number of rotatable bonds is 2. The molecular formula is C10H8F2O2S2. The Morgan fingerprint density at radius 3 is 2.75 bits per heavy atom. The molecule has 1 fully saturated rings. The van der Waals surface area contributed by atoms with E-state index in [1.165, 1.54) is 22.7 Å². The van der Waals surface area contributed by atoms with Gasteiger partial charge in [0.2, 0.25) is 0 Å². The molecule has 0 aromatic carbocycles. The molecule has 0 amide bonds. The molecule has 3 rings (SSSR count). The minimum atomic E-state index is -2.48. The summed E-state index contributed by atoms with van der Waals surface area (Å²) in [7, 11) is 0. The zero-order valence-electron chi connectivity index (χ0n) is 8.11. The first kappa shape index (κ1) is 10.6. The molecule has 86 valence electrons. The Balaban J connectivity index is 2.14. The maximum Gasteiger partial charge on any atom is 0.266 e. The molecule has 0 aliphatic carbocycles. The number of ether oxygens (including phenoxy) is 2. The molecule has 2 aromatic rings. The van der Waals surface area contributed by atoms with Crippen LogP contribution in [0, 0.1) is 0 Å². The van der Waals surface area contributed by atoms with Gasteiger partial charge in [-0.2, -0.15) is 0 Å². The third-order valence-corrected chi connectivity index (χ3v) is 4.68. The molecule has 1 aliphatic heterocycles. The van der Waals surface area contributed by atoms with Crippen molar-refractivity contribution in [1.82, 2.24) is 0 Å². The molecule has 0 atom stereocenters. The summed E-state index contributed by atoms with van der Waals surface area (Å²) in [6.45, 7) is 0.942. The minimum Gasteiger partial charge on any atom is -0.345 e. The van der Waals surface area contributed by atoms with Crippen LogP contribution in [0.3, 0.4) is 0 Å². The maximum atomic E-state index is 13.0. The van der Waals surface area contributed by atoms with Gasteiger partial charge in [-0.15, -0.1) is 22.7 Å². The molecule has 0 N–H and O–H groups in total. The summed E-state index contributed by atoms with van der Waals surface area (Å²) in [4.78, 5) is 0.523. The summed E-state index contributed by atoms with van der Waals surface area (Å²) >= 11 is 2.68. The number of thiophene rings is 2. The molecule has 3 heterocycles. The fourth-order valence-electron chi connectivity index (χ4n) is 1.75. The van der Waals surface area contributed by atoms with Crippen molar-refractivity contribution < 1.29 is 18.3 Å². The van der Waals surface area contributed by atoms with Crippen molar-refractivity contribution in [1.29, 1.82) is 0 Å². The number of hydrogen-bond donors (Lipinski definition) is 0. The van der Waals surface area contributed by atoms with E-state index >= 15 is 0 Å². The summed E-state index contributed by atoms with van der Waals surface area (Å²) in [6, 6.07) is 1.86. The molecule has 0 saturated carbocycles. The van der Waals surface area contributed by atoms with Crippen LogP contribution in [-0.2, 0) is 9.47 Å². The third kappa shape index (κ3) is 1.57. The molecule has 0 unspecified atom stereocenters. The summed E-state index contributed by atoms with van der Waals surface area (Å²) in [6.07, 6.45) is -3.08. The molecule has 0 spiro atoms. The van der Waals surface area contributed by atoms with Gasteiger partial charge in [0.05, 0.1) is 28.4 Å². The highest BCUT2D eigenvalue weighted by atomic mass is 32.1. The molecule has 16 heavy (non-hydrogen) atoms. The van der Waals surface area contributed by atoms with Crippen molar-refractivity contribution in [3.63, 3.8) is 0 Å². The van der Waals surface area contributed by atoms with E-state index in [4.69, 9.17) is 9.47 Å². The lowest BCUT2D eigenvalue weighted by Gasteiger charge is -2.09. The smallest absolute Gasteiger partial charge is 0.266 e. The summed E-state index contributed by atoms with van der Waals surface area (Å²) in [5, 5.41) is 1.83. The topological polar surface area (TPSA) is 18.5 Å². The van der Waals surface area contributed by atoms with Gasteiger partial charge in [-0.1, -0.05) is 0 Å². The van der Waals surface area contributed by atoms with Gasteiger partial charge in [0.1, 0.15) is 0 Å². The maximum absolute atomic E-state index is 13.0. The lowest BCUT2D eigenvalue weighted by molar-refractivity contribution is -0.0434. The van der Waals surface area contributed by atoms with E-state index in [-0.39, 0.29) is 5.56 Å². The molecule has 2 aromatic heterocycles. The number of hydrogen-bond acceptors (Lipinski definition) is 4. The Bertz CT molecular complexity index is 500. The van der Waals surface area contributed by atoms with E-state index in [0.717, 1.165) is 4.70 Å². The third-order valence-electron chi connectivity index (χ3n) is 2.41. The molecule has 1 aliphatic rings. The highest BCUT2D eigenvalue weighted by Gasteiger charge is 2.29. The second kappa shape index (κ2) is 4.03. The first-order valence-electron chi connectivity index (χ1n) is 4.78. The standard InChI is InChI=1S/C10H8F2O2S2/c11-9(12)6-7-5(1-4-15-7)16-8(6)10-13-2-3-14-10/h1,4,9-10H,2-3H2. The molecule has 2 nitrogen and oxygen atoms in total. The van der Waals surface area contributed by atoms with E-state index in [9.17, 15) is 8.78 Å². The van der Waals surface area contributed by atoms with Crippen molar-refractivity contribution in [3.8, 4) is 0 Å². The van der Waals surface area contributed by atoms with Gasteiger partial charge >= 0.3 is 0 Å². The fraction of sp³-hybridized carbons (Fsp3) is 0.400. The Morgan fingerprint density at radius 1 is 1.31 bits per heavy atom. The van der Waals surface area contributed by atoms with E-state index in [2.05, 4.69) is 0 Å². The van der Waals surface area contributed by atoms with Gasteiger partial charge in [-0.05, 0) is 11.4 Å². The van der Waals surface area contributed by atoms with Gasteiger partial charge in [-0.25, -0.2) is 8.78 Å². The van der Waals surface area contributed by atoms with Crippen LogP contribution in [0.2, 0.25) is 0 Å². The molecular weight excluding hydrogens is 254 g/mol. The van der Waals surface area contributed by atoms with Crippen molar-refractivity contribution in [3.05, 3.63) is 21.9 Å². The first-order chi connectivity index (χ1) is 7.77. The Morgan fingerprint density at radius 2 is 2.06 bits per heavy atom. The van der Waals surface area contributed by atoms with E-state index in [1.54, 1.807) is 0 Å². The summed E-state index contributed by atoms with van der Waals surface area (Å²) < 4.78 is 38.2. The quantitative estimate of drug-likeness (QED) is 0.816. The predicted octanol–water partition coefficient (Wildman–Crippen LogP) is 3.95. The zero-order chi connectivity index (χ0) is 11.1. The van der Waals surface area contributed by atoms with Crippen LogP contribution in [0.4, 0.5) is 8.78 Å². The van der Waals surface area contributed by atoms with Crippen LogP contribution in [0.1, 0.15) is 23.2 Å². The first-order valence-corrected chi connectivity index (χ1v) is 6.48. The van der Waals surface area contributed by atoms with Gasteiger partial charge in [-0.3, -0.25) is 0 Å². The fourth-order valence-corrected chi connectivity index (χ4v) is 4.13. The lowest BCUT2D eigenvalue weighted by Crippen LogP contribution is -1.99. The molecule has 1 saturated heterocycles. The van der Waals surface area contributed by atoms with Gasteiger partial charge in [0, 0.05) is 4.70 Å². The summed E-state index contributed by atoms with van der Waals surface area (Å²) in [5.41, 5.74) is 0.0851. The largest absolute Gasteiger partial charge is 0.345 e. The SMILES string of the molecule is FC(F)c1c(C2OCCO2)sc2ccsc12. The minimum absolute atomic E-state index is 0.0851. The lowest BCUT2D eigenvalue weighted by atomic mass is 10.2. The average molecular weight is 262 g/mol. The van der Waals surface area contributed by atoms with Crippen LogP contribution in [0.15, 0.2) is 11.4 Å². The Labute approximate surface area is 98.4 Å². The van der Waals surface area contributed by atoms with Crippen molar-refractivity contribution in [2.75, 3.05) is 13.2 Å². The van der Waals surface area contributed by atoms with Crippen LogP contribution in [0.25, 0.3) is 9.40 Å². The normalized spacial score (nSPS) is 17.9. The van der Waals surface area contributed by atoms with Crippen molar-refractivity contribution >= 4 is 32.1 Å². The highest BCUT2D eigenvalue weighted by Crippen LogP contribution is 2.45. The Kier molecular flexibility index (Phi) is 2.67. The number of fused-ring (bicyclic) bond motifs is 1. The monoisotopic (exact) mass is 262 g/mol. The summed E-state index contributed by atoms with van der Waals surface area (Å²) in [5.74, 6) is 0. The van der Waals surface area contributed by atoms with E-state index in [1.807, 2.05) is 11.4 Å². The number of halogens is 2. The number of alkyl halides is 2. The van der Waals surface area contributed by atoms with E-state index < -0.39 is 12.7 Å². The zero-order valence-corrected chi connectivity index (χ0v) is 9.75. The van der Waals surface area contributed by atoms with Crippen molar-refractivity contribution in [2.45, 2.75) is 12.7 Å². The highest BCUT2D eigenvalue weighted by molar-refractivity contribution is 7.27. The average Bonchev–Trinajstić information content (AvgIpc) is 2.92. The van der Waals surface area contributed by atoms with Crippen LogP contribution < -0.4 is 0 Å². The molecule has 0 radical (unpaired) electrons. The van der Waals surface area contributed by atoms with Gasteiger partial charge in [0.25, 0.3) is 6.43 Å². The van der Waals surface area contributed by atoms with Gasteiger partial charge in [0.15, 0.2) is 6.29 Å². The van der Waals surface area contributed by atoms with Crippen LogP contribution >= 0.6 is 22.7 Å². The van der Waals surface area contributed by atoms with Crippen molar-refractivity contribution in [2.24, 2.45) is 0 Å². The van der Waals surface area contributed by atoms with E-state index in [0.29, 0.717) is 22.8 Å². The second-order valence-corrected chi connectivity index (χ2v) is 5.37. The molecule has 6 heteroatoms. The predicted molar refractivity (Wildman–Crippen MR) is 59.3 cm³/mol. The van der Waals surface area contributed by atoms with Crippen LogP contribution in [-0.4, -0.2) is 13.2 Å². The van der Waals surface area contributed by atoms with Gasteiger partial charge < -0.3 is 9.47 Å². The molecule has 0 bridgehead atoms. The van der Waals surface area contributed by atoms with Crippen LogP contribution in [0.5, 0.6) is 0 Å². The Hall–Kier alpha value is -0.560.